The molecule has 0 N–H and O–H groups in total. The number of rotatable bonds is 7. The highest BCUT2D eigenvalue weighted by Gasteiger charge is 2.26. The maximum Gasteiger partial charge on any atom is 0.236 e. The summed E-state index contributed by atoms with van der Waals surface area (Å²) >= 11 is 0. The molecule has 26 heavy (non-hydrogen) atoms. The normalized spacial score (nSPS) is 21.6. The Hall–Kier alpha value is -1.59. The van der Waals surface area contributed by atoms with Crippen molar-refractivity contribution >= 4 is 5.91 Å². The molecule has 1 unspecified atom stereocenters. The van der Waals surface area contributed by atoms with Crippen LogP contribution in [0, 0.1) is 0 Å². The first-order valence-electron chi connectivity index (χ1n) is 9.94. The second-order valence-electron chi connectivity index (χ2n) is 7.47. The lowest BCUT2D eigenvalue weighted by molar-refractivity contribution is -0.134. The Morgan fingerprint density at radius 3 is 2.15 bits per heavy atom. The summed E-state index contributed by atoms with van der Waals surface area (Å²) < 4.78 is 0. The first-order chi connectivity index (χ1) is 12.5. The number of allylic oxidation sites excluding steroid dienone is 3. The predicted octanol–water partition coefficient (Wildman–Crippen LogP) is 2.19. The molecular weight excluding hydrogens is 324 g/mol. The van der Waals surface area contributed by atoms with E-state index in [0.29, 0.717) is 12.6 Å². The van der Waals surface area contributed by atoms with Gasteiger partial charge in [0.15, 0.2) is 0 Å². The van der Waals surface area contributed by atoms with Crippen molar-refractivity contribution in [2.45, 2.75) is 33.2 Å². The van der Waals surface area contributed by atoms with E-state index in [-0.39, 0.29) is 5.91 Å². The van der Waals surface area contributed by atoms with Crippen molar-refractivity contribution in [1.29, 1.82) is 0 Å². The molecule has 1 amide bonds. The number of amides is 1. The third-order valence-electron chi connectivity index (χ3n) is 5.82. The van der Waals surface area contributed by atoms with E-state index >= 15 is 0 Å². The molecule has 2 rings (SSSR count). The lowest BCUT2D eigenvalue weighted by Crippen LogP contribution is -2.54. The number of carbonyl (C=O) groups is 1. The summed E-state index contributed by atoms with van der Waals surface area (Å²) in [6.07, 6.45) is 4.97. The molecule has 0 aromatic rings. The van der Waals surface area contributed by atoms with E-state index in [0.717, 1.165) is 63.6 Å². The van der Waals surface area contributed by atoms with Gasteiger partial charge in [-0.05, 0) is 25.8 Å². The van der Waals surface area contributed by atoms with Crippen molar-refractivity contribution in [3.8, 4) is 0 Å². The van der Waals surface area contributed by atoms with E-state index in [1.54, 1.807) is 6.08 Å². The number of nitrogens with zero attached hydrogens (tertiary/aromatic N) is 4. The van der Waals surface area contributed by atoms with Gasteiger partial charge in [0.1, 0.15) is 0 Å². The van der Waals surface area contributed by atoms with Crippen molar-refractivity contribution in [3.05, 3.63) is 36.6 Å². The zero-order valence-corrected chi connectivity index (χ0v) is 16.9. The third-order valence-corrected chi connectivity index (χ3v) is 5.82. The van der Waals surface area contributed by atoms with Crippen LogP contribution in [0.5, 0.6) is 0 Å². The van der Waals surface area contributed by atoms with Gasteiger partial charge in [0.05, 0.1) is 6.54 Å². The molecule has 1 atom stereocenters. The summed E-state index contributed by atoms with van der Waals surface area (Å²) in [5.41, 5.74) is 2.22. The molecule has 0 aromatic carbocycles. The Morgan fingerprint density at radius 1 is 1.04 bits per heavy atom. The molecule has 146 valence electrons. The molecule has 0 radical (unpaired) electrons. The summed E-state index contributed by atoms with van der Waals surface area (Å²) in [5.74, 6) is 0.281. The summed E-state index contributed by atoms with van der Waals surface area (Å²) in [6.45, 7) is 22.5. The summed E-state index contributed by atoms with van der Waals surface area (Å²) in [4.78, 5) is 21.8. The van der Waals surface area contributed by atoms with Crippen LogP contribution in [-0.2, 0) is 4.79 Å². The summed E-state index contributed by atoms with van der Waals surface area (Å²) in [5, 5.41) is 0. The Morgan fingerprint density at radius 2 is 1.62 bits per heavy atom. The average molecular weight is 361 g/mol. The van der Waals surface area contributed by atoms with E-state index in [9.17, 15) is 4.79 Å². The minimum absolute atomic E-state index is 0.281. The predicted molar refractivity (Wildman–Crippen MR) is 109 cm³/mol. The van der Waals surface area contributed by atoms with Gasteiger partial charge in [-0.25, -0.2) is 0 Å². The third kappa shape index (κ3) is 5.45. The van der Waals surface area contributed by atoms with E-state index in [4.69, 9.17) is 0 Å². The fourth-order valence-corrected chi connectivity index (χ4v) is 3.66. The van der Waals surface area contributed by atoms with Crippen LogP contribution in [0.3, 0.4) is 0 Å². The summed E-state index contributed by atoms with van der Waals surface area (Å²) in [6, 6.07) is 0.618. The van der Waals surface area contributed by atoms with Gasteiger partial charge >= 0.3 is 0 Å². The van der Waals surface area contributed by atoms with Gasteiger partial charge in [-0.2, -0.15) is 0 Å². The molecular formula is C21H36N4O. The summed E-state index contributed by atoms with van der Waals surface area (Å²) in [7, 11) is 0. The van der Waals surface area contributed by atoms with Crippen LogP contribution in [0.1, 0.15) is 27.2 Å². The maximum absolute atomic E-state index is 12.6. The highest BCUT2D eigenvalue weighted by Crippen LogP contribution is 2.16. The second kappa shape index (κ2) is 9.93. The fraction of sp³-hybridized carbons (Fsp3) is 0.667. The van der Waals surface area contributed by atoms with Crippen molar-refractivity contribution in [2.75, 3.05) is 58.9 Å². The molecule has 5 heteroatoms. The highest BCUT2D eigenvalue weighted by atomic mass is 16.2. The SMILES string of the molecule is C=C/C=C(/C)C(=C)N1CCN(CC(=O)N2CCN(C(C)CC)CC2)CC1. The molecule has 0 saturated carbocycles. The van der Waals surface area contributed by atoms with Crippen LogP contribution in [-0.4, -0.2) is 90.5 Å². The smallest absolute Gasteiger partial charge is 0.236 e. The van der Waals surface area contributed by atoms with E-state index < -0.39 is 0 Å². The highest BCUT2D eigenvalue weighted by molar-refractivity contribution is 5.78. The molecule has 2 heterocycles. The molecule has 2 saturated heterocycles. The Bertz CT molecular complexity index is 526. The largest absolute Gasteiger partial charge is 0.369 e. The minimum Gasteiger partial charge on any atom is -0.369 e. The van der Waals surface area contributed by atoms with Crippen molar-refractivity contribution < 1.29 is 4.79 Å². The molecule has 2 aliphatic rings. The number of piperazine rings is 2. The maximum atomic E-state index is 12.6. The molecule has 5 nitrogen and oxygen atoms in total. The quantitative estimate of drug-likeness (QED) is 0.651. The lowest BCUT2D eigenvalue weighted by Gasteiger charge is -2.40. The van der Waals surface area contributed by atoms with Gasteiger partial charge in [0, 0.05) is 64.1 Å². The lowest BCUT2D eigenvalue weighted by atomic mass is 10.1. The number of hydrogen-bond acceptors (Lipinski definition) is 4. The van der Waals surface area contributed by atoms with Gasteiger partial charge in [-0.15, -0.1) is 0 Å². The Labute approximate surface area is 159 Å². The average Bonchev–Trinajstić information content (AvgIpc) is 2.67. The topological polar surface area (TPSA) is 30.0 Å². The Balaban J connectivity index is 1.74. The zero-order chi connectivity index (χ0) is 19.1. The van der Waals surface area contributed by atoms with Gasteiger partial charge < -0.3 is 9.80 Å². The van der Waals surface area contributed by atoms with Crippen molar-refractivity contribution in [3.63, 3.8) is 0 Å². The zero-order valence-electron chi connectivity index (χ0n) is 16.9. The van der Waals surface area contributed by atoms with Crippen LogP contribution in [0.4, 0.5) is 0 Å². The monoisotopic (exact) mass is 360 g/mol. The van der Waals surface area contributed by atoms with Gasteiger partial charge in [0.2, 0.25) is 5.91 Å². The number of hydrogen-bond donors (Lipinski definition) is 0. The fourth-order valence-electron chi connectivity index (χ4n) is 3.66. The van der Waals surface area contributed by atoms with Crippen molar-refractivity contribution in [1.82, 2.24) is 19.6 Å². The van der Waals surface area contributed by atoms with Crippen LogP contribution in [0.2, 0.25) is 0 Å². The van der Waals surface area contributed by atoms with E-state index in [2.05, 4.69) is 48.6 Å². The molecule has 0 spiro atoms. The van der Waals surface area contributed by atoms with Crippen LogP contribution >= 0.6 is 0 Å². The van der Waals surface area contributed by atoms with Crippen LogP contribution in [0.15, 0.2) is 36.6 Å². The first-order valence-corrected chi connectivity index (χ1v) is 9.94. The van der Waals surface area contributed by atoms with Crippen LogP contribution < -0.4 is 0 Å². The van der Waals surface area contributed by atoms with Crippen LogP contribution in [0.25, 0.3) is 0 Å². The van der Waals surface area contributed by atoms with E-state index in [1.165, 1.54) is 6.42 Å². The molecule has 2 aliphatic heterocycles. The minimum atomic E-state index is 0.281. The van der Waals surface area contributed by atoms with Gasteiger partial charge in [-0.1, -0.05) is 32.2 Å². The first kappa shape index (κ1) is 20.7. The second-order valence-corrected chi connectivity index (χ2v) is 7.47. The van der Waals surface area contributed by atoms with E-state index in [1.807, 2.05) is 11.0 Å². The molecule has 0 aromatic heterocycles. The molecule has 0 aliphatic carbocycles. The Kier molecular flexibility index (Phi) is 7.91. The molecule has 2 fully saturated rings. The van der Waals surface area contributed by atoms with Gasteiger partial charge in [0.25, 0.3) is 0 Å². The van der Waals surface area contributed by atoms with Crippen molar-refractivity contribution in [2.24, 2.45) is 0 Å². The van der Waals surface area contributed by atoms with Gasteiger partial charge in [-0.3, -0.25) is 14.6 Å². The standard InChI is InChI=1S/C21H36N4O/c1-6-8-18(3)20(5)24-11-9-22(10-12-24)17-21(26)25-15-13-23(14-16-25)19(4)7-2/h6,8,19H,1,5,7,9-17H2,2-4H3/b18-8-. The molecule has 0 bridgehead atoms. The number of carbonyl (C=O) groups excluding carboxylic acids is 1.